The van der Waals surface area contributed by atoms with Crippen LogP contribution in [0.2, 0.25) is 0 Å². The van der Waals surface area contributed by atoms with E-state index in [9.17, 15) is 8.78 Å². The molecule has 1 saturated carbocycles. The fourth-order valence-corrected chi connectivity index (χ4v) is 2.85. The van der Waals surface area contributed by atoms with Gasteiger partial charge in [-0.1, -0.05) is 36.8 Å². The molecule has 2 aromatic rings. The number of rotatable bonds is 3. The maximum Gasteiger partial charge on any atom is 0.131 e. The number of hydrogen-bond acceptors (Lipinski definition) is 1. The molecular weight excluding hydrogens is 256 g/mol. The lowest BCUT2D eigenvalue weighted by Gasteiger charge is -2.29. The monoisotopic (exact) mass is 273 g/mol. The summed E-state index contributed by atoms with van der Waals surface area (Å²) < 4.78 is 27.8. The van der Waals surface area contributed by atoms with E-state index in [1.807, 2.05) is 24.3 Å². The van der Waals surface area contributed by atoms with Crippen molar-refractivity contribution in [1.82, 2.24) is 0 Å². The molecule has 1 nitrogen and oxygen atoms in total. The van der Waals surface area contributed by atoms with Gasteiger partial charge >= 0.3 is 0 Å². The van der Waals surface area contributed by atoms with Crippen molar-refractivity contribution in [3.05, 3.63) is 70.8 Å². The van der Waals surface area contributed by atoms with Crippen molar-refractivity contribution in [3.8, 4) is 0 Å². The van der Waals surface area contributed by atoms with Gasteiger partial charge in [-0.2, -0.15) is 0 Å². The van der Waals surface area contributed by atoms with Crippen LogP contribution in [0.25, 0.3) is 0 Å². The zero-order valence-corrected chi connectivity index (χ0v) is 11.2. The summed E-state index contributed by atoms with van der Waals surface area (Å²) in [6, 6.07) is 10.8. The second-order valence-corrected chi connectivity index (χ2v) is 5.37. The second kappa shape index (κ2) is 5.33. The minimum absolute atomic E-state index is 0.0423. The Hall–Kier alpha value is -1.74. The molecule has 0 aromatic heterocycles. The van der Waals surface area contributed by atoms with Gasteiger partial charge in [0.05, 0.1) is 6.04 Å². The highest BCUT2D eigenvalue weighted by molar-refractivity contribution is 5.40. The lowest BCUT2D eigenvalue weighted by Crippen LogP contribution is -2.20. The van der Waals surface area contributed by atoms with Crippen molar-refractivity contribution < 1.29 is 8.78 Å². The van der Waals surface area contributed by atoms with Crippen molar-refractivity contribution in [1.29, 1.82) is 0 Å². The third-order valence-electron chi connectivity index (χ3n) is 4.19. The summed E-state index contributed by atoms with van der Waals surface area (Å²) in [7, 11) is 0. The molecule has 104 valence electrons. The summed E-state index contributed by atoms with van der Waals surface area (Å²) in [6.07, 6.45) is 3.47. The first-order valence-electron chi connectivity index (χ1n) is 6.97. The van der Waals surface area contributed by atoms with Gasteiger partial charge in [-0.15, -0.1) is 0 Å². The van der Waals surface area contributed by atoms with E-state index in [2.05, 4.69) is 0 Å². The van der Waals surface area contributed by atoms with E-state index in [-0.39, 0.29) is 5.56 Å². The van der Waals surface area contributed by atoms with Crippen molar-refractivity contribution >= 4 is 0 Å². The minimum atomic E-state index is -0.756. The third-order valence-corrected chi connectivity index (χ3v) is 4.19. The molecule has 0 saturated heterocycles. The molecule has 2 N–H and O–H groups in total. The molecule has 0 spiro atoms. The molecule has 1 aliphatic carbocycles. The van der Waals surface area contributed by atoms with Gasteiger partial charge in [-0.3, -0.25) is 0 Å². The quantitative estimate of drug-likeness (QED) is 0.887. The molecule has 1 fully saturated rings. The Morgan fingerprint density at radius 2 is 1.60 bits per heavy atom. The van der Waals surface area contributed by atoms with Gasteiger partial charge in [0.1, 0.15) is 11.6 Å². The van der Waals surface area contributed by atoms with Crippen LogP contribution in [-0.4, -0.2) is 0 Å². The van der Waals surface area contributed by atoms with Crippen LogP contribution in [-0.2, 0) is 0 Å². The van der Waals surface area contributed by atoms with Gasteiger partial charge in [0.25, 0.3) is 0 Å². The standard InChI is InChI=1S/C17H17F2N/c18-14-9-4-10-15(19)16(14)17(20)13-8-2-1-7-12(13)11-5-3-6-11/h1-2,4,7-11,17H,3,5-6,20H2. The molecule has 1 unspecified atom stereocenters. The lowest BCUT2D eigenvalue weighted by molar-refractivity contribution is 0.415. The molecule has 0 radical (unpaired) electrons. The summed E-state index contributed by atoms with van der Waals surface area (Å²) >= 11 is 0. The Bertz CT molecular complexity index is 600. The van der Waals surface area contributed by atoms with Gasteiger partial charge < -0.3 is 5.73 Å². The Morgan fingerprint density at radius 1 is 0.950 bits per heavy atom. The topological polar surface area (TPSA) is 26.0 Å². The first-order valence-corrected chi connectivity index (χ1v) is 6.97. The molecule has 0 heterocycles. The summed E-state index contributed by atoms with van der Waals surface area (Å²) in [5.41, 5.74) is 8.08. The summed E-state index contributed by atoms with van der Waals surface area (Å²) in [5.74, 6) is -0.686. The van der Waals surface area contributed by atoms with Gasteiger partial charge in [0.2, 0.25) is 0 Å². The zero-order valence-electron chi connectivity index (χ0n) is 11.2. The van der Waals surface area contributed by atoms with E-state index in [0.717, 1.165) is 24.0 Å². The van der Waals surface area contributed by atoms with Gasteiger partial charge in [-0.05, 0) is 42.0 Å². The highest BCUT2D eigenvalue weighted by Crippen LogP contribution is 2.40. The number of nitrogens with two attached hydrogens (primary N) is 1. The van der Waals surface area contributed by atoms with Gasteiger partial charge in [-0.25, -0.2) is 8.78 Å². The van der Waals surface area contributed by atoms with E-state index in [4.69, 9.17) is 5.73 Å². The van der Waals surface area contributed by atoms with Crippen LogP contribution in [0.3, 0.4) is 0 Å². The normalized spacial score (nSPS) is 16.8. The second-order valence-electron chi connectivity index (χ2n) is 5.37. The summed E-state index contributed by atoms with van der Waals surface area (Å²) in [6.45, 7) is 0. The predicted octanol–water partition coefficient (Wildman–Crippen LogP) is 4.28. The highest BCUT2D eigenvalue weighted by Gasteiger charge is 2.26. The molecule has 3 heteroatoms. The highest BCUT2D eigenvalue weighted by atomic mass is 19.1. The lowest BCUT2D eigenvalue weighted by atomic mass is 9.76. The van der Waals surface area contributed by atoms with Crippen LogP contribution in [0.4, 0.5) is 8.78 Å². The summed E-state index contributed by atoms with van der Waals surface area (Å²) in [5, 5.41) is 0. The molecule has 20 heavy (non-hydrogen) atoms. The van der Waals surface area contributed by atoms with Crippen LogP contribution in [0.15, 0.2) is 42.5 Å². The van der Waals surface area contributed by atoms with E-state index < -0.39 is 17.7 Å². The molecule has 2 aromatic carbocycles. The SMILES string of the molecule is NC(c1ccccc1C1CCC1)c1c(F)cccc1F. The molecule has 3 rings (SSSR count). The third kappa shape index (κ3) is 2.22. The molecular formula is C17H17F2N. The van der Waals surface area contributed by atoms with Crippen molar-refractivity contribution in [3.63, 3.8) is 0 Å². The molecule has 0 aliphatic heterocycles. The average Bonchev–Trinajstić information content (AvgIpc) is 2.37. The molecule has 1 atom stereocenters. The zero-order chi connectivity index (χ0) is 14.1. The van der Waals surface area contributed by atoms with Crippen LogP contribution >= 0.6 is 0 Å². The minimum Gasteiger partial charge on any atom is -0.320 e. The Labute approximate surface area is 117 Å². The fraction of sp³-hybridized carbons (Fsp3) is 0.294. The van der Waals surface area contributed by atoms with Crippen LogP contribution in [0.5, 0.6) is 0 Å². The first-order chi connectivity index (χ1) is 9.68. The smallest absolute Gasteiger partial charge is 0.131 e. The van der Waals surface area contributed by atoms with Crippen molar-refractivity contribution in [2.75, 3.05) is 0 Å². The fourth-order valence-electron chi connectivity index (χ4n) is 2.85. The summed E-state index contributed by atoms with van der Waals surface area (Å²) in [4.78, 5) is 0. The van der Waals surface area contributed by atoms with Crippen LogP contribution in [0, 0.1) is 11.6 Å². The Kier molecular flexibility index (Phi) is 3.53. The predicted molar refractivity (Wildman–Crippen MR) is 75.4 cm³/mol. The molecule has 0 amide bonds. The van der Waals surface area contributed by atoms with E-state index in [1.54, 1.807) is 0 Å². The average molecular weight is 273 g/mol. The number of hydrogen-bond donors (Lipinski definition) is 1. The number of halogens is 2. The van der Waals surface area contributed by atoms with Gasteiger partial charge in [0, 0.05) is 5.56 Å². The van der Waals surface area contributed by atoms with E-state index in [1.165, 1.54) is 24.6 Å². The van der Waals surface area contributed by atoms with Crippen molar-refractivity contribution in [2.45, 2.75) is 31.2 Å². The van der Waals surface area contributed by atoms with Crippen LogP contribution in [0.1, 0.15) is 47.9 Å². The maximum atomic E-state index is 13.9. The first kappa shape index (κ1) is 13.3. The maximum absolute atomic E-state index is 13.9. The Morgan fingerprint density at radius 3 is 2.20 bits per heavy atom. The molecule has 0 bridgehead atoms. The van der Waals surface area contributed by atoms with Crippen LogP contribution < -0.4 is 5.73 Å². The van der Waals surface area contributed by atoms with E-state index in [0.29, 0.717) is 5.92 Å². The van der Waals surface area contributed by atoms with E-state index >= 15 is 0 Å². The Balaban J connectivity index is 2.04. The number of benzene rings is 2. The largest absolute Gasteiger partial charge is 0.320 e. The van der Waals surface area contributed by atoms with Crippen molar-refractivity contribution in [2.24, 2.45) is 5.73 Å². The van der Waals surface area contributed by atoms with Gasteiger partial charge in [0.15, 0.2) is 0 Å². The molecule has 1 aliphatic rings.